The van der Waals surface area contributed by atoms with Gasteiger partial charge in [-0.1, -0.05) is 42.5 Å². The van der Waals surface area contributed by atoms with Crippen LogP contribution in [0, 0.1) is 6.92 Å². The summed E-state index contributed by atoms with van der Waals surface area (Å²) >= 11 is 0. The Hall–Kier alpha value is -1.80. The molecule has 0 spiro atoms. The van der Waals surface area contributed by atoms with Crippen LogP contribution in [0.25, 0.3) is 0 Å². The van der Waals surface area contributed by atoms with Gasteiger partial charge in [-0.25, -0.2) is 4.99 Å². The van der Waals surface area contributed by atoms with E-state index in [1.807, 2.05) is 30.3 Å². The molecule has 0 aromatic heterocycles. The maximum Gasteiger partial charge on any atom is 0.188 e. The van der Waals surface area contributed by atoms with Crippen molar-refractivity contribution < 1.29 is 9.47 Å². The van der Waals surface area contributed by atoms with Crippen LogP contribution in [-0.4, -0.2) is 32.8 Å². The van der Waals surface area contributed by atoms with Gasteiger partial charge >= 0.3 is 0 Å². The van der Waals surface area contributed by atoms with Gasteiger partial charge < -0.3 is 20.5 Å². The molecule has 148 valence electrons. The van der Waals surface area contributed by atoms with Crippen LogP contribution < -0.4 is 15.8 Å². The first-order valence-corrected chi connectivity index (χ1v) is 8.98. The van der Waals surface area contributed by atoms with E-state index in [0.717, 1.165) is 36.3 Å². The molecule has 0 aliphatic heterocycles. The molecule has 5 nitrogen and oxygen atoms in total. The van der Waals surface area contributed by atoms with Gasteiger partial charge in [0, 0.05) is 32.2 Å². The topological polar surface area (TPSA) is 68.9 Å². The third kappa shape index (κ3) is 9.10. The summed E-state index contributed by atoms with van der Waals surface area (Å²) in [6, 6.07) is 16.5. The van der Waals surface area contributed by atoms with E-state index >= 15 is 0 Å². The lowest BCUT2D eigenvalue weighted by molar-refractivity contribution is 0.172. The molecule has 6 heteroatoms. The van der Waals surface area contributed by atoms with Crippen LogP contribution >= 0.6 is 24.0 Å². The molecule has 0 saturated carbocycles. The van der Waals surface area contributed by atoms with Crippen LogP contribution in [0.2, 0.25) is 0 Å². The van der Waals surface area contributed by atoms with E-state index in [0.29, 0.717) is 25.7 Å². The van der Waals surface area contributed by atoms with Gasteiger partial charge in [0.2, 0.25) is 0 Å². The summed E-state index contributed by atoms with van der Waals surface area (Å²) in [7, 11) is 1.69. The number of halogens is 1. The van der Waals surface area contributed by atoms with Crippen LogP contribution in [0.15, 0.2) is 53.5 Å². The third-order valence-electron chi connectivity index (χ3n) is 3.96. The van der Waals surface area contributed by atoms with E-state index in [1.54, 1.807) is 7.11 Å². The Morgan fingerprint density at radius 3 is 2.63 bits per heavy atom. The number of nitrogens with one attached hydrogen (secondary N) is 1. The van der Waals surface area contributed by atoms with Crippen molar-refractivity contribution in [2.75, 3.05) is 26.9 Å². The van der Waals surface area contributed by atoms with E-state index in [2.05, 4.69) is 35.4 Å². The van der Waals surface area contributed by atoms with Crippen molar-refractivity contribution in [1.29, 1.82) is 0 Å². The summed E-state index contributed by atoms with van der Waals surface area (Å²) in [6.45, 7) is 4.61. The van der Waals surface area contributed by atoms with E-state index < -0.39 is 0 Å². The normalized spacial score (nSPS) is 11.0. The average molecular weight is 483 g/mol. The fourth-order valence-corrected chi connectivity index (χ4v) is 2.52. The Morgan fingerprint density at radius 1 is 1.11 bits per heavy atom. The van der Waals surface area contributed by atoms with Crippen molar-refractivity contribution in [2.24, 2.45) is 10.7 Å². The molecule has 0 saturated heterocycles. The highest BCUT2D eigenvalue weighted by Crippen LogP contribution is 2.21. The van der Waals surface area contributed by atoms with Gasteiger partial charge in [-0.2, -0.15) is 0 Å². The predicted octanol–water partition coefficient (Wildman–Crippen LogP) is 3.68. The van der Waals surface area contributed by atoms with Crippen molar-refractivity contribution in [2.45, 2.75) is 26.3 Å². The largest absolute Gasteiger partial charge is 0.493 e. The number of aryl methyl sites for hydroxylation is 1. The van der Waals surface area contributed by atoms with Crippen molar-refractivity contribution in [1.82, 2.24) is 5.32 Å². The lowest BCUT2D eigenvalue weighted by atomic mass is 10.1. The number of methoxy groups -OCH3 is 1. The van der Waals surface area contributed by atoms with Crippen LogP contribution in [0.3, 0.4) is 0 Å². The number of benzene rings is 2. The first-order chi connectivity index (χ1) is 12.7. The number of nitrogens with zero attached hydrogens (tertiary/aromatic N) is 1. The highest BCUT2D eigenvalue weighted by atomic mass is 127. The molecule has 2 rings (SSSR count). The summed E-state index contributed by atoms with van der Waals surface area (Å²) in [6.07, 6.45) is 1.77. The van der Waals surface area contributed by atoms with Gasteiger partial charge in [0.05, 0.1) is 13.2 Å². The van der Waals surface area contributed by atoms with Crippen molar-refractivity contribution in [3.63, 3.8) is 0 Å². The number of hydrogen-bond donors (Lipinski definition) is 2. The first kappa shape index (κ1) is 23.2. The van der Waals surface area contributed by atoms with Gasteiger partial charge in [-0.3, -0.25) is 0 Å². The molecule has 0 unspecified atom stereocenters. The van der Waals surface area contributed by atoms with E-state index in [4.69, 9.17) is 15.2 Å². The lowest BCUT2D eigenvalue weighted by Gasteiger charge is -2.12. The van der Waals surface area contributed by atoms with Crippen molar-refractivity contribution >= 4 is 29.9 Å². The molecule has 0 amide bonds. The SMILES string of the molecule is COCCCOc1cc(C)ccc1CN=C(N)NCCc1ccccc1.I. The number of hydrogen-bond acceptors (Lipinski definition) is 3. The highest BCUT2D eigenvalue weighted by molar-refractivity contribution is 14.0. The Morgan fingerprint density at radius 2 is 1.89 bits per heavy atom. The highest BCUT2D eigenvalue weighted by Gasteiger charge is 2.04. The molecular formula is C21H30IN3O2. The van der Waals surface area contributed by atoms with Gasteiger partial charge in [0.25, 0.3) is 0 Å². The zero-order valence-corrected chi connectivity index (χ0v) is 18.4. The Balaban J connectivity index is 0.00000364. The lowest BCUT2D eigenvalue weighted by Crippen LogP contribution is -2.33. The quantitative estimate of drug-likeness (QED) is 0.234. The molecule has 3 N–H and O–H groups in total. The number of rotatable bonds is 10. The smallest absolute Gasteiger partial charge is 0.188 e. The zero-order chi connectivity index (χ0) is 18.6. The van der Waals surface area contributed by atoms with Crippen LogP contribution in [0.4, 0.5) is 0 Å². The van der Waals surface area contributed by atoms with Gasteiger partial charge in [0.1, 0.15) is 5.75 Å². The van der Waals surface area contributed by atoms with E-state index in [9.17, 15) is 0 Å². The zero-order valence-electron chi connectivity index (χ0n) is 16.1. The van der Waals surface area contributed by atoms with E-state index in [1.165, 1.54) is 5.56 Å². The van der Waals surface area contributed by atoms with Crippen molar-refractivity contribution in [3.05, 3.63) is 65.2 Å². The molecule has 0 fully saturated rings. The predicted molar refractivity (Wildman–Crippen MR) is 122 cm³/mol. The van der Waals surface area contributed by atoms with Crippen molar-refractivity contribution in [3.8, 4) is 5.75 Å². The number of nitrogens with two attached hydrogens (primary N) is 1. The molecular weight excluding hydrogens is 453 g/mol. The molecule has 2 aromatic carbocycles. The fraction of sp³-hybridized carbons (Fsp3) is 0.381. The van der Waals surface area contributed by atoms with Gasteiger partial charge in [0.15, 0.2) is 5.96 Å². The number of guanidine groups is 1. The summed E-state index contributed by atoms with van der Waals surface area (Å²) in [5, 5.41) is 3.16. The Labute approximate surface area is 179 Å². The minimum absolute atomic E-state index is 0. The minimum atomic E-state index is 0. The fourth-order valence-electron chi connectivity index (χ4n) is 2.52. The number of aliphatic imine (C=N–C) groups is 1. The first-order valence-electron chi connectivity index (χ1n) is 8.98. The van der Waals surface area contributed by atoms with Gasteiger partial charge in [-0.05, 0) is 30.5 Å². The minimum Gasteiger partial charge on any atom is -0.493 e. The molecule has 0 radical (unpaired) electrons. The maximum absolute atomic E-state index is 5.99. The van der Waals surface area contributed by atoms with Crippen LogP contribution in [-0.2, 0) is 17.7 Å². The average Bonchev–Trinajstić information content (AvgIpc) is 2.65. The van der Waals surface area contributed by atoms with Crippen LogP contribution in [0.5, 0.6) is 5.75 Å². The molecule has 0 aliphatic carbocycles. The molecule has 0 aliphatic rings. The van der Waals surface area contributed by atoms with Crippen LogP contribution in [0.1, 0.15) is 23.1 Å². The molecule has 0 atom stereocenters. The Bertz CT molecular complexity index is 693. The molecule has 0 bridgehead atoms. The molecule has 2 aromatic rings. The summed E-state index contributed by atoms with van der Waals surface area (Å²) in [5.41, 5.74) is 9.45. The second kappa shape index (κ2) is 13.4. The monoisotopic (exact) mass is 483 g/mol. The summed E-state index contributed by atoms with van der Waals surface area (Å²) < 4.78 is 10.9. The molecule has 27 heavy (non-hydrogen) atoms. The number of ether oxygens (including phenoxy) is 2. The standard InChI is InChI=1S/C21H29N3O2.HI/c1-17-9-10-19(20(15-17)26-14-6-13-25-2)16-24-21(22)23-12-11-18-7-4-3-5-8-18;/h3-5,7-10,15H,6,11-14,16H2,1-2H3,(H3,22,23,24);1H. The second-order valence-corrected chi connectivity index (χ2v) is 6.17. The van der Waals surface area contributed by atoms with E-state index in [-0.39, 0.29) is 24.0 Å². The third-order valence-corrected chi connectivity index (χ3v) is 3.96. The molecule has 0 heterocycles. The Kier molecular flexibility index (Phi) is 11.5. The summed E-state index contributed by atoms with van der Waals surface area (Å²) in [4.78, 5) is 4.44. The summed E-state index contributed by atoms with van der Waals surface area (Å²) in [5.74, 6) is 1.31. The second-order valence-electron chi connectivity index (χ2n) is 6.17. The maximum atomic E-state index is 5.99. The van der Waals surface area contributed by atoms with Gasteiger partial charge in [-0.15, -0.1) is 24.0 Å².